The number of carbonyl (C=O) groups excluding carboxylic acids is 2. The molecule has 0 aliphatic rings. The molecule has 3 rings (SSSR count). The molecular weight excluding hydrogens is 474 g/mol. The van der Waals surface area contributed by atoms with Crippen LogP contribution in [0.3, 0.4) is 0 Å². The van der Waals surface area contributed by atoms with Crippen molar-refractivity contribution in [1.29, 1.82) is 0 Å². The van der Waals surface area contributed by atoms with Gasteiger partial charge in [0.15, 0.2) is 0 Å². The van der Waals surface area contributed by atoms with Gasteiger partial charge in [0.1, 0.15) is 12.6 Å². The molecule has 0 saturated carbocycles. The third kappa shape index (κ3) is 6.63. The van der Waals surface area contributed by atoms with Gasteiger partial charge in [0, 0.05) is 17.5 Å². The fraction of sp³-hybridized carbons (Fsp3) is 0.357. The molecule has 8 heteroatoms. The highest BCUT2D eigenvalue weighted by molar-refractivity contribution is 7.92. The van der Waals surface area contributed by atoms with Crippen LogP contribution in [0.25, 0.3) is 10.8 Å². The van der Waals surface area contributed by atoms with Gasteiger partial charge in [0.05, 0.1) is 11.9 Å². The summed E-state index contributed by atoms with van der Waals surface area (Å²) < 4.78 is 26.9. The first kappa shape index (κ1) is 27.2. The molecule has 0 aromatic heterocycles. The first-order valence-corrected chi connectivity index (χ1v) is 13.7. The molecule has 3 aromatic rings. The van der Waals surface area contributed by atoms with Crippen molar-refractivity contribution < 1.29 is 18.0 Å². The Bertz CT molecular complexity index is 1360. The van der Waals surface area contributed by atoms with E-state index in [0.29, 0.717) is 5.69 Å². The van der Waals surface area contributed by atoms with E-state index >= 15 is 0 Å². The minimum atomic E-state index is -3.81. The van der Waals surface area contributed by atoms with Crippen LogP contribution in [0.5, 0.6) is 0 Å². The van der Waals surface area contributed by atoms with Gasteiger partial charge in [-0.1, -0.05) is 60.7 Å². The monoisotopic (exact) mass is 509 g/mol. The molecule has 1 N–H and O–H groups in total. The largest absolute Gasteiger partial charge is 0.350 e. The van der Waals surface area contributed by atoms with Crippen LogP contribution in [-0.4, -0.2) is 49.5 Å². The number of sulfonamides is 1. The van der Waals surface area contributed by atoms with Crippen LogP contribution in [0.2, 0.25) is 0 Å². The Hall–Kier alpha value is -3.39. The maximum Gasteiger partial charge on any atom is 0.244 e. The SMILES string of the molecule is Cc1ccccc1CN(C(=O)CN(c1cccc2ccccc12)S(C)(=O)=O)[C@@H](C)C(=O)NC(C)(C)C. The highest BCUT2D eigenvalue weighted by Gasteiger charge is 2.32. The minimum absolute atomic E-state index is 0.178. The number of hydrogen-bond acceptors (Lipinski definition) is 4. The topological polar surface area (TPSA) is 86.8 Å². The standard InChI is InChI=1S/C28H35N3O4S/c1-20-12-7-8-14-23(20)18-30(21(2)27(33)29-28(3,4)5)26(32)19-31(36(6,34)35)25-17-11-15-22-13-9-10-16-24(22)25/h7-17,21H,18-19H2,1-6H3,(H,29,33)/t21-/m0/s1. The van der Waals surface area contributed by atoms with Crippen LogP contribution < -0.4 is 9.62 Å². The summed E-state index contributed by atoms with van der Waals surface area (Å²) in [6.07, 6.45) is 1.09. The van der Waals surface area contributed by atoms with E-state index in [2.05, 4.69) is 5.32 Å². The predicted octanol–water partition coefficient (Wildman–Crippen LogP) is 4.25. The van der Waals surface area contributed by atoms with Crippen LogP contribution in [0.1, 0.15) is 38.8 Å². The van der Waals surface area contributed by atoms with Gasteiger partial charge in [-0.2, -0.15) is 0 Å². The van der Waals surface area contributed by atoms with Crippen molar-refractivity contribution >= 4 is 38.3 Å². The van der Waals surface area contributed by atoms with E-state index in [1.165, 1.54) is 4.90 Å². The molecule has 0 aliphatic carbocycles. The van der Waals surface area contributed by atoms with E-state index in [-0.39, 0.29) is 12.5 Å². The number of amides is 2. The number of benzene rings is 3. The highest BCUT2D eigenvalue weighted by Crippen LogP contribution is 2.28. The lowest BCUT2D eigenvalue weighted by molar-refractivity contribution is -0.140. The molecule has 3 aromatic carbocycles. The van der Waals surface area contributed by atoms with Crippen molar-refractivity contribution in [2.45, 2.75) is 52.7 Å². The smallest absolute Gasteiger partial charge is 0.244 e. The lowest BCUT2D eigenvalue weighted by atomic mass is 10.1. The molecular formula is C28H35N3O4S. The molecule has 0 spiro atoms. The van der Waals surface area contributed by atoms with Gasteiger partial charge >= 0.3 is 0 Å². The molecule has 0 heterocycles. The first-order valence-electron chi connectivity index (χ1n) is 11.9. The molecule has 0 aliphatic heterocycles. The number of fused-ring (bicyclic) bond motifs is 1. The Morgan fingerprint density at radius 2 is 1.56 bits per heavy atom. The van der Waals surface area contributed by atoms with Gasteiger partial charge in [-0.3, -0.25) is 13.9 Å². The fourth-order valence-electron chi connectivity index (χ4n) is 4.05. The van der Waals surface area contributed by atoms with Gasteiger partial charge in [0.2, 0.25) is 21.8 Å². The lowest BCUT2D eigenvalue weighted by Crippen LogP contribution is -2.54. The fourth-order valence-corrected chi connectivity index (χ4v) is 4.91. The van der Waals surface area contributed by atoms with Crippen molar-refractivity contribution in [3.05, 3.63) is 77.9 Å². The van der Waals surface area contributed by atoms with Crippen LogP contribution >= 0.6 is 0 Å². The molecule has 0 saturated heterocycles. The number of hydrogen-bond donors (Lipinski definition) is 1. The number of carbonyl (C=O) groups is 2. The summed E-state index contributed by atoms with van der Waals surface area (Å²) in [5.74, 6) is -0.770. The average molecular weight is 510 g/mol. The van der Waals surface area contributed by atoms with Crippen molar-refractivity contribution in [2.24, 2.45) is 0 Å². The second-order valence-electron chi connectivity index (χ2n) is 10.1. The number of nitrogens with zero attached hydrogens (tertiary/aromatic N) is 2. The Labute approximate surface area is 214 Å². The zero-order valence-corrected chi connectivity index (χ0v) is 22.6. The predicted molar refractivity (Wildman–Crippen MR) is 145 cm³/mol. The maximum absolute atomic E-state index is 13.8. The van der Waals surface area contributed by atoms with E-state index in [4.69, 9.17) is 0 Å². The molecule has 7 nitrogen and oxygen atoms in total. The summed E-state index contributed by atoms with van der Waals surface area (Å²) in [7, 11) is -3.81. The highest BCUT2D eigenvalue weighted by atomic mass is 32.2. The molecule has 1 atom stereocenters. The van der Waals surface area contributed by atoms with E-state index in [0.717, 1.165) is 32.5 Å². The van der Waals surface area contributed by atoms with Crippen molar-refractivity contribution in [2.75, 3.05) is 17.1 Å². The summed E-state index contributed by atoms with van der Waals surface area (Å²) in [4.78, 5) is 28.3. The van der Waals surface area contributed by atoms with E-state index in [1.54, 1.807) is 19.1 Å². The molecule has 0 fully saturated rings. The zero-order chi connectivity index (χ0) is 26.7. The van der Waals surface area contributed by atoms with Gasteiger partial charge in [-0.25, -0.2) is 8.42 Å². The van der Waals surface area contributed by atoms with Crippen LogP contribution in [0.4, 0.5) is 5.69 Å². The summed E-state index contributed by atoms with van der Waals surface area (Å²) in [6, 6.07) is 19.6. The van der Waals surface area contributed by atoms with E-state index in [9.17, 15) is 18.0 Å². The Kier molecular flexibility index (Phi) is 8.09. The third-order valence-corrected chi connectivity index (χ3v) is 7.11. The van der Waals surface area contributed by atoms with Gasteiger partial charge in [-0.05, 0) is 57.2 Å². The van der Waals surface area contributed by atoms with Crippen LogP contribution in [0, 0.1) is 6.92 Å². The molecule has 0 bridgehead atoms. The van der Waals surface area contributed by atoms with Gasteiger partial charge < -0.3 is 10.2 Å². The molecule has 192 valence electrons. The molecule has 2 amide bonds. The van der Waals surface area contributed by atoms with E-state index < -0.39 is 34.1 Å². The first-order chi connectivity index (χ1) is 16.8. The Morgan fingerprint density at radius 1 is 0.944 bits per heavy atom. The number of rotatable bonds is 8. The quantitative estimate of drug-likeness (QED) is 0.492. The van der Waals surface area contributed by atoms with Gasteiger partial charge in [-0.15, -0.1) is 0 Å². The van der Waals surface area contributed by atoms with Crippen LogP contribution in [-0.2, 0) is 26.2 Å². The number of anilines is 1. The molecule has 0 radical (unpaired) electrons. The number of nitrogens with one attached hydrogen (secondary N) is 1. The Balaban J connectivity index is 2.01. The van der Waals surface area contributed by atoms with Crippen molar-refractivity contribution in [1.82, 2.24) is 10.2 Å². The normalized spacial score (nSPS) is 12.7. The maximum atomic E-state index is 13.8. The summed E-state index contributed by atoms with van der Waals surface area (Å²) >= 11 is 0. The Morgan fingerprint density at radius 3 is 2.19 bits per heavy atom. The molecule has 36 heavy (non-hydrogen) atoms. The number of aryl methyl sites for hydroxylation is 1. The summed E-state index contributed by atoms with van der Waals surface area (Å²) in [6.45, 7) is 8.98. The van der Waals surface area contributed by atoms with E-state index in [1.807, 2.05) is 82.3 Å². The van der Waals surface area contributed by atoms with Crippen LogP contribution in [0.15, 0.2) is 66.7 Å². The van der Waals surface area contributed by atoms with Crippen molar-refractivity contribution in [3.63, 3.8) is 0 Å². The lowest BCUT2D eigenvalue weighted by Gasteiger charge is -2.33. The van der Waals surface area contributed by atoms with Gasteiger partial charge in [0.25, 0.3) is 0 Å². The second-order valence-corrected chi connectivity index (χ2v) is 12.0. The minimum Gasteiger partial charge on any atom is -0.350 e. The molecule has 0 unspecified atom stereocenters. The van der Waals surface area contributed by atoms with Crippen molar-refractivity contribution in [3.8, 4) is 0 Å². The zero-order valence-electron chi connectivity index (χ0n) is 21.8. The third-order valence-electron chi connectivity index (χ3n) is 5.98. The average Bonchev–Trinajstić information content (AvgIpc) is 2.79. The summed E-state index contributed by atoms with van der Waals surface area (Å²) in [5, 5.41) is 4.52. The summed E-state index contributed by atoms with van der Waals surface area (Å²) in [5.41, 5.74) is 1.81. The second kappa shape index (κ2) is 10.7.